The lowest BCUT2D eigenvalue weighted by Crippen LogP contribution is -2.21. The molecular formula is C17H13Cl2FN2O4. The number of amides is 2. The molecule has 0 saturated carbocycles. The van der Waals surface area contributed by atoms with Crippen molar-refractivity contribution < 1.29 is 23.5 Å². The Balaban J connectivity index is 1.93. The average molecular weight is 399 g/mol. The van der Waals surface area contributed by atoms with Gasteiger partial charge in [-0.05, 0) is 36.4 Å². The van der Waals surface area contributed by atoms with Crippen LogP contribution in [-0.2, 0) is 9.53 Å². The van der Waals surface area contributed by atoms with E-state index in [0.717, 1.165) is 12.1 Å². The van der Waals surface area contributed by atoms with Crippen molar-refractivity contribution in [2.24, 2.45) is 0 Å². The second-order valence-electron chi connectivity index (χ2n) is 5.03. The summed E-state index contributed by atoms with van der Waals surface area (Å²) < 4.78 is 18.2. The second-order valence-corrected chi connectivity index (χ2v) is 5.84. The van der Waals surface area contributed by atoms with Crippen molar-refractivity contribution in [2.45, 2.75) is 0 Å². The lowest BCUT2D eigenvalue weighted by molar-refractivity contribution is -0.119. The predicted molar refractivity (Wildman–Crippen MR) is 95.2 cm³/mol. The zero-order valence-corrected chi connectivity index (χ0v) is 14.9. The molecule has 9 heteroatoms. The lowest BCUT2D eigenvalue weighted by Gasteiger charge is -2.08. The molecule has 2 aromatic rings. The maximum atomic E-state index is 13.4. The van der Waals surface area contributed by atoms with Gasteiger partial charge in [-0.25, -0.2) is 9.18 Å². The number of carbonyl (C=O) groups is 3. The molecule has 0 spiro atoms. The number of ether oxygens (including phenoxy) is 1. The fourth-order valence-electron chi connectivity index (χ4n) is 1.93. The van der Waals surface area contributed by atoms with Crippen molar-refractivity contribution in [1.82, 2.24) is 5.32 Å². The first-order valence-electron chi connectivity index (χ1n) is 7.25. The van der Waals surface area contributed by atoms with Crippen LogP contribution in [0.2, 0.25) is 10.0 Å². The first-order valence-corrected chi connectivity index (χ1v) is 8.01. The number of halogens is 3. The van der Waals surface area contributed by atoms with E-state index in [2.05, 4.69) is 10.6 Å². The van der Waals surface area contributed by atoms with Gasteiger partial charge >= 0.3 is 5.97 Å². The molecule has 0 unspecified atom stereocenters. The van der Waals surface area contributed by atoms with Crippen LogP contribution in [-0.4, -0.2) is 31.4 Å². The molecule has 0 bridgehead atoms. The van der Waals surface area contributed by atoms with Crippen LogP contribution in [0.1, 0.15) is 20.7 Å². The molecule has 0 saturated heterocycles. The van der Waals surface area contributed by atoms with Gasteiger partial charge in [0.15, 0.2) is 6.61 Å². The van der Waals surface area contributed by atoms with Gasteiger partial charge < -0.3 is 15.4 Å². The molecule has 0 aromatic heterocycles. The van der Waals surface area contributed by atoms with Crippen LogP contribution in [0.5, 0.6) is 0 Å². The highest BCUT2D eigenvalue weighted by molar-refractivity contribution is 6.36. The number of hydrogen-bond donors (Lipinski definition) is 2. The number of esters is 1. The van der Waals surface area contributed by atoms with Gasteiger partial charge in [0.2, 0.25) is 0 Å². The minimum atomic E-state index is -0.962. The minimum Gasteiger partial charge on any atom is -0.452 e. The summed E-state index contributed by atoms with van der Waals surface area (Å²) in [6.45, 7) is -0.601. The van der Waals surface area contributed by atoms with Crippen molar-refractivity contribution in [3.8, 4) is 0 Å². The molecule has 2 aromatic carbocycles. The van der Waals surface area contributed by atoms with Crippen molar-refractivity contribution in [2.75, 3.05) is 19.0 Å². The average Bonchev–Trinajstić information content (AvgIpc) is 2.62. The summed E-state index contributed by atoms with van der Waals surface area (Å²) in [7, 11) is 1.51. The third-order valence-electron chi connectivity index (χ3n) is 3.22. The van der Waals surface area contributed by atoms with Crippen LogP contribution in [0.15, 0.2) is 36.4 Å². The van der Waals surface area contributed by atoms with Crippen molar-refractivity contribution in [1.29, 1.82) is 0 Å². The van der Waals surface area contributed by atoms with E-state index in [9.17, 15) is 18.8 Å². The number of benzene rings is 2. The summed E-state index contributed by atoms with van der Waals surface area (Å²) in [5.41, 5.74) is 0.599. The van der Waals surface area contributed by atoms with Crippen LogP contribution in [0.25, 0.3) is 0 Å². The zero-order chi connectivity index (χ0) is 19.3. The Bertz CT molecular complexity index is 857. The second kappa shape index (κ2) is 8.64. The molecule has 2 rings (SSSR count). The number of anilines is 1. The molecule has 0 aliphatic heterocycles. The Hall–Kier alpha value is -2.64. The highest BCUT2D eigenvalue weighted by Gasteiger charge is 2.17. The van der Waals surface area contributed by atoms with Gasteiger partial charge in [-0.15, -0.1) is 0 Å². The molecule has 2 amide bonds. The van der Waals surface area contributed by atoms with Gasteiger partial charge in [0.05, 0.1) is 15.6 Å². The van der Waals surface area contributed by atoms with Crippen LogP contribution >= 0.6 is 23.2 Å². The Labute approximate surface area is 158 Å². The van der Waals surface area contributed by atoms with Crippen LogP contribution in [0, 0.1) is 5.82 Å². The summed E-state index contributed by atoms with van der Waals surface area (Å²) in [5, 5.41) is 4.64. The van der Waals surface area contributed by atoms with Crippen LogP contribution < -0.4 is 10.6 Å². The number of carbonyl (C=O) groups excluding carboxylic acids is 3. The number of hydrogen-bond acceptors (Lipinski definition) is 4. The summed E-state index contributed by atoms with van der Waals surface area (Å²) in [4.78, 5) is 35.2. The van der Waals surface area contributed by atoms with Gasteiger partial charge in [-0.3, -0.25) is 9.59 Å². The molecule has 136 valence electrons. The monoisotopic (exact) mass is 398 g/mol. The van der Waals surface area contributed by atoms with Crippen LogP contribution in [0.3, 0.4) is 0 Å². The molecule has 6 nitrogen and oxygen atoms in total. The fraction of sp³-hybridized carbons (Fsp3) is 0.118. The molecule has 26 heavy (non-hydrogen) atoms. The highest BCUT2D eigenvalue weighted by atomic mass is 35.5. The Kier molecular flexibility index (Phi) is 6.54. The largest absolute Gasteiger partial charge is 0.452 e. The SMILES string of the molecule is CNC(=O)c1ccc(NC(=O)COC(=O)c2cc(F)c(Cl)cc2Cl)cc1. The van der Waals surface area contributed by atoms with E-state index in [0.29, 0.717) is 11.3 Å². The summed E-state index contributed by atoms with van der Waals surface area (Å²) >= 11 is 11.4. The third kappa shape index (κ3) is 4.93. The molecule has 0 heterocycles. The van der Waals surface area contributed by atoms with Crippen molar-refractivity contribution in [3.63, 3.8) is 0 Å². The van der Waals surface area contributed by atoms with E-state index < -0.39 is 24.3 Å². The zero-order valence-electron chi connectivity index (χ0n) is 13.4. The predicted octanol–water partition coefficient (Wildman–Crippen LogP) is 3.29. The fourth-order valence-corrected chi connectivity index (χ4v) is 2.39. The van der Waals surface area contributed by atoms with E-state index in [1.807, 2.05) is 0 Å². The molecule has 2 N–H and O–H groups in total. The van der Waals surface area contributed by atoms with Gasteiger partial charge in [0, 0.05) is 18.3 Å². The van der Waals surface area contributed by atoms with Crippen molar-refractivity contribution >= 4 is 46.7 Å². The summed E-state index contributed by atoms with van der Waals surface area (Å²) in [6, 6.07) is 8.00. The third-order valence-corrected chi connectivity index (χ3v) is 3.82. The van der Waals surface area contributed by atoms with E-state index in [4.69, 9.17) is 27.9 Å². The quantitative estimate of drug-likeness (QED) is 0.597. The van der Waals surface area contributed by atoms with E-state index in [1.165, 1.54) is 31.3 Å². The van der Waals surface area contributed by atoms with E-state index in [-0.39, 0.29) is 21.5 Å². The van der Waals surface area contributed by atoms with Gasteiger partial charge in [-0.1, -0.05) is 23.2 Å². The molecular weight excluding hydrogens is 386 g/mol. The smallest absolute Gasteiger partial charge is 0.340 e. The van der Waals surface area contributed by atoms with Crippen molar-refractivity contribution in [3.05, 3.63) is 63.4 Å². The summed E-state index contributed by atoms with van der Waals surface area (Å²) in [6.07, 6.45) is 0. The maximum Gasteiger partial charge on any atom is 0.340 e. The van der Waals surface area contributed by atoms with Gasteiger partial charge in [-0.2, -0.15) is 0 Å². The topological polar surface area (TPSA) is 84.5 Å². The first-order chi connectivity index (χ1) is 12.3. The molecule has 0 radical (unpaired) electrons. The highest BCUT2D eigenvalue weighted by Crippen LogP contribution is 2.24. The number of nitrogens with one attached hydrogen (secondary N) is 2. The standard InChI is InChI=1S/C17H13Cl2FN2O4/c1-21-16(24)9-2-4-10(5-3-9)22-15(23)8-26-17(25)11-6-14(20)13(19)7-12(11)18/h2-7H,8H2,1H3,(H,21,24)(H,22,23). The Morgan fingerprint density at radius 2 is 1.73 bits per heavy atom. The normalized spacial score (nSPS) is 10.2. The van der Waals surface area contributed by atoms with E-state index >= 15 is 0 Å². The number of rotatable bonds is 5. The Morgan fingerprint density at radius 1 is 1.08 bits per heavy atom. The molecule has 0 aliphatic carbocycles. The molecule has 0 fully saturated rings. The van der Waals surface area contributed by atoms with Crippen LogP contribution in [0.4, 0.5) is 10.1 Å². The lowest BCUT2D eigenvalue weighted by atomic mass is 10.2. The van der Waals surface area contributed by atoms with E-state index in [1.54, 1.807) is 0 Å². The maximum absolute atomic E-state index is 13.4. The minimum absolute atomic E-state index is 0.0911. The Morgan fingerprint density at radius 3 is 2.35 bits per heavy atom. The summed E-state index contributed by atoms with van der Waals surface area (Å²) in [5.74, 6) is -2.67. The van der Waals surface area contributed by atoms with Gasteiger partial charge in [0.1, 0.15) is 5.82 Å². The molecule has 0 aliphatic rings. The first kappa shape index (κ1) is 19.7. The molecule has 0 atom stereocenters. The van der Waals surface area contributed by atoms with Gasteiger partial charge in [0.25, 0.3) is 11.8 Å².